The summed E-state index contributed by atoms with van der Waals surface area (Å²) in [5.74, 6) is 0. The third-order valence-corrected chi connectivity index (χ3v) is 3.40. The Bertz CT molecular complexity index is 312. The second-order valence-electron chi connectivity index (χ2n) is 6.37. The summed E-state index contributed by atoms with van der Waals surface area (Å²) in [5, 5.41) is 10.4. The highest BCUT2D eigenvalue weighted by atomic mass is 16.6. The number of piperidine rings is 1. The zero-order valence-electron chi connectivity index (χ0n) is 12.4. The molecule has 0 aromatic carbocycles. The van der Waals surface area contributed by atoms with Gasteiger partial charge in [-0.2, -0.15) is 0 Å². The van der Waals surface area contributed by atoms with Crippen LogP contribution in [0.2, 0.25) is 0 Å². The number of rotatable bonds is 4. The molecular weight excluding hydrogens is 242 g/mol. The van der Waals surface area contributed by atoms with Crippen LogP contribution in [-0.2, 0) is 4.74 Å². The third kappa shape index (κ3) is 5.64. The van der Waals surface area contributed by atoms with E-state index in [2.05, 4.69) is 6.58 Å². The Hall–Kier alpha value is -1.03. The summed E-state index contributed by atoms with van der Waals surface area (Å²) >= 11 is 0. The van der Waals surface area contributed by atoms with Crippen LogP contribution in [0.15, 0.2) is 12.7 Å². The molecule has 0 aromatic rings. The van der Waals surface area contributed by atoms with Gasteiger partial charge in [0.1, 0.15) is 5.60 Å². The summed E-state index contributed by atoms with van der Waals surface area (Å²) in [7, 11) is 0. The van der Waals surface area contributed by atoms with Gasteiger partial charge in [-0.15, -0.1) is 6.58 Å². The lowest BCUT2D eigenvalue weighted by atomic mass is 9.86. The minimum Gasteiger partial charge on any atom is -0.444 e. The van der Waals surface area contributed by atoms with E-state index in [1.165, 1.54) is 0 Å². The highest BCUT2D eigenvalue weighted by Crippen LogP contribution is 2.28. The number of carbonyl (C=O) groups excluding carboxylic acids is 1. The minimum absolute atomic E-state index is 0.277. The van der Waals surface area contributed by atoms with Gasteiger partial charge in [0.05, 0.1) is 5.60 Å². The van der Waals surface area contributed by atoms with Crippen molar-refractivity contribution < 1.29 is 14.6 Å². The van der Waals surface area contributed by atoms with E-state index in [1.807, 2.05) is 26.8 Å². The van der Waals surface area contributed by atoms with E-state index in [4.69, 9.17) is 4.74 Å². The molecule has 0 aromatic heterocycles. The second-order valence-corrected chi connectivity index (χ2v) is 6.37. The standard InChI is InChI=1S/C15H27NO3/c1-5-6-7-8-15(18)9-11-16(12-10-15)13(17)19-14(2,3)4/h5,18H,1,6-12H2,2-4H3. The van der Waals surface area contributed by atoms with Gasteiger partial charge in [0, 0.05) is 13.1 Å². The monoisotopic (exact) mass is 269 g/mol. The second kappa shape index (κ2) is 6.42. The first-order chi connectivity index (χ1) is 8.76. The molecule has 0 unspecified atom stereocenters. The molecule has 1 aliphatic rings. The number of hydrogen-bond acceptors (Lipinski definition) is 3. The lowest BCUT2D eigenvalue weighted by molar-refractivity contribution is -0.0373. The maximum atomic E-state index is 11.9. The molecule has 110 valence electrons. The van der Waals surface area contributed by atoms with Crippen LogP contribution in [0, 0.1) is 0 Å². The van der Waals surface area contributed by atoms with Crippen molar-refractivity contribution in [2.24, 2.45) is 0 Å². The Labute approximate surface area is 116 Å². The zero-order chi connectivity index (χ0) is 14.5. The molecule has 1 rings (SSSR count). The number of amides is 1. The smallest absolute Gasteiger partial charge is 0.410 e. The van der Waals surface area contributed by atoms with Gasteiger partial charge in [0.15, 0.2) is 0 Å². The van der Waals surface area contributed by atoms with Gasteiger partial charge in [0.2, 0.25) is 0 Å². The SMILES string of the molecule is C=CCCCC1(O)CCN(C(=O)OC(C)(C)C)CC1. The summed E-state index contributed by atoms with van der Waals surface area (Å²) in [6, 6.07) is 0. The van der Waals surface area contributed by atoms with Crippen LogP contribution >= 0.6 is 0 Å². The van der Waals surface area contributed by atoms with Gasteiger partial charge in [-0.25, -0.2) is 4.79 Å². The Morgan fingerprint density at radius 1 is 1.42 bits per heavy atom. The third-order valence-electron chi connectivity index (χ3n) is 3.40. The van der Waals surface area contributed by atoms with Gasteiger partial charge >= 0.3 is 6.09 Å². The number of unbranched alkanes of at least 4 members (excludes halogenated alkanes) is 1. The number of allylic oxidation sites excluding steroid dienone is 1. The normalized spacial score (nSPS) is 19.1. The molecular formula is C15H27NO3. The van der Waals surface area contributed by atoms with Crippen LogP contribution in [0.5, 0.6) is 0 Å². The number of nitrogens with zero attached hydrogens (tertiary/aromatic N) is 1. The molecule has 1 amide bonds. The fraction of sp³-hybridized carbons (Fsp3) is 0.800. The first-order valence-corrected chi connectivity index (χ1v) is 7.07. The van der Waals surface area contributed by atoms with Crippen LogP contribution in [0.1, 0.15) is 52.9 Å². The molecule has 1 heterocycles. The van der Waals surface area contributed by atoms with Crippen LogP contribution in [0.4, 0.5) is 4.79 Å². The van der Waals surface area contributed by atoms with Crippen molar-refractivity contribution in [1.29, 1.82) is 0 Å². The Morgan fingerprint density at radius 3 is 2.47 bits per heavy atom. The van der Waals surface area contributed by atoms with Crippen molar-refractivity contribution in [3.05, 3.63) is 12.7 Å². The van der Waals surface area contributed by atoms with Gasteiger partial charge in [-0.3, -0.25) is 0 Å². The number of carbonyl (C=O) groups is 1. The highest BCUT2D eigenvalue weighted by molar-refractivity contribution is 5.68. The molecule has 0 bridgehead atoms. The summed E-state index contributed by atoms with van der Waals surface area (Å²) in [4.78, 5) is 13.6. The van der Waals surface area contributed by atoms with E-state index < -0.39 is 11.2 Å². The van der Waals surface area contributed by atoms with Crippen LogP contribution < -0.4 is 0 Å². The van der Waals surface area contributed by atoms with Crippen LogP contribution in [0.3, 0.4) is 0 Å². The molecule has 1 fully saturated rings. The first kappa shape index (κ1) is 16.0. The average Bonchev–Trinajstić information content (AvgIpc) is 2.27. The molecule has 0 atom stereocenters. The van der Waals surface area contributed by atoms with E-state index >= 15 is 0 Å². The first-order valence-electron chi connectivity index (χ1n) is 7.07. The molecule has 4 heteroatoms. The van der Waals surface area contributed by atoms with E-state index in [-0.39, 0.29) is 6.09 Å². The summed E-state index contributed by atoms with van der Waals surface area (Å²) in [6.45, 7) is 10.4. The quantitative estimate of drug-likeness (QED) is 0.630. The van der Waals surface area contributed by atoms with Crippen molar-refractivity contribution in [2.75, 3.05) is 13.1 Å². The Kier molecular flexibility index (Phi) is 5.41. The molecule has 19 heavy (non-hydrogen) atoms. The largest absolute Gasteiger partial charge is 0.444 e. The molecule has 0 saturated carbocycles. The highest BCUT2D eigenvalue weighted by Gasteiger charge is 2.34. The summed E-state index contributed by atoms with van der Waals surface area (Å²) in [6.07, 6.45) is 5.51. The Balaban J connectivity index is 2.39. The van der Waals surface area contributed by atoms with Gasteiger partial charge < -0.3 is 14.7 Å². The predicted octanol–water partition coefficient (Wildman–Crippen LogP) is 3.10. The summed E-state index contributed by atoms with van der Waals surface area (Å²) < 4.78 is 5.34. The average molecular weight is 269 g/mol. The molecule has 1 saturated heterocycles. The lowest BCUT2D eigenvalue weighted by Gasteiger charge is -2.38. The maximum absolute atomic E-state index is 11.9. The fourth-order valence-electron chi connectivity index (χ4n) is 2.26. The molecule has 0 spiro atoms. The molecule has 0 aliphatic carbocycles. The van der Waals surface area contributed by atoms with Gasteiger partial charge in [0.25, 0.3) is 0 Å². The van der Waals surface area contributed by atoms with Crippen molar-refractivity contribution in [3.8, 4) is 0 Å². The van der Waals surface area contributed by atoms with Crippen molar-refractivity contribution in [1.82, 2.24) is 4.90 Å². The number of hydrogen-bond donors (Lipinski definition) is 1. The maximum Gasteiger partial charge on any atom is 0.410 e. The van der Waals surface area contributed by atoms with Crippen molar-refractivity contribution >= 4 is 6.09 Å². The van der Waals surface area contributed by atoms with Crippen LogP contribution in [-0.4, -0.2) is 40.4 Å². The lowest BCUT2D eigenvalue weighted by Crippen LogP contribution is -2.48. The van der Waals surface area contributed by atoms with Gasteiger partial charge in [-0.1, -0.05) is 6.08 Å². The van der Waals surface area contributed by atoms with Crippen LogP contribution in [0.25, 0.3) is 0 Å². The zero-order valence-corrected chi connectivity index (χ0v) is 12.4. The van der Waals surface area contributed by atoms with Gasteiger partial charge in [-0.05, 0) is 52.9 Å². The molecule has 4 nitrogen and oxygen atoms in total. The van der Waals surface area contributed by atoms with Crippen molar-refractivity contribution in [3.63, 3.8) is 0 Å². The predicted molar refractivity (Wildman–Crippen MR) is 76.0 cm³/mol. The van der Waals surface area contributed by atoms with E-state index in [1.54, 1.807) is 4.90 Å². The Morgan fingerprint density at radius 2 is 2.00 bits per heavy atom. The van der Waals surface area contributed by atoms with E-state index in [9.17, 15) is 9.90 Å². The molecule has 0 radical (unpaired) electrons. The molecule has 1 aliphatic heterocycles. The number of likely N-dealkylation sites (tertiary alicyclic amines) is 1. The topological polar surface area (TPSA) is 49.8 Å². The number of ether oxygens (including phenoxy) is 1. The number of aliphatic hydroxyl groups is 1. The molecule has 1 N–H and O–H groups in total. The minimum atomic E-state index is -0.623. The fourth-order valence-corrected chi connectivity index (χ4v) is 2.26. The summed E-state index contributed by atoms with van der Waals surface area (Å²) in [5.41, 5.74) is -1.09. The van der Waals surface area contributed by atoms with E-state index in [0.29, 0.717) is 25.9 Å². The van der Waals surface area contributed by atoms with E-state index in [0.717, 1.165) is 19.3 Å². The van der Waals surface area contributed by atoms with Crippen molar-refractivity contribution in [2.45, 2.75) is 64.1 Å².